The van der Waals surface area contributed by atoms with E-state index in [1.165, 1.54) is 148 Å². The van der Waals surface area contributed by atoms with Gasteiger partial charge in [0.1, 0.15) is 6.61 Å². The van der Waals surface area contributed by atoms with Crippen molar-refractivity contribution in [3.05, 3.63) is 85.1 Å². The number of rotatable bonds is 51. The maximum Gasteiger partial charge on any atom is 0.306 e. The van der Waals surface area contributed by atoms with E-state index in [4.69, 9.17) is 14.2 Å². The zero-order valence-corrected chi connectivity index (χ0v) is 43.7. The summed E-state index contributed by atoms with van der Waals surface area (Å²) in [6.45, 7) is 7.64. The van der Waals surface area contributed by atoms with E-state index in [1.54, 1.807) is 0 Å². The number of carbonyl (C=O) groups is 2. The lowest BCUT2D eigenvalue weighted by Crippen LogP contribution is -2.30. The fourth-order valence-electron chi connectivity index (χ4n) is 7.77. The SMILES string of the molecule is CC/C=C\C/C=C\C/C=C\C/C=C\C/C=C\C/C=C\CCC(=O)OCC(COCCCCCCCCCCCCCCCCCCCC)OC(=O)CCCCCCC/C=C\CCCCCC. The molecule has 0 aromatic heterocycles. The number of carbonyl (C=O) groups excluding carboxylic acids is 2. The van der Waals surface area contributed by atoms with Gasteiger partial charge >= 0.3 is 11.9 Å². The predicted molar refractivity (Wildman–Crippen MR) is 288 cm³/mol. The van der Waals surface area contributed by atoms with Crippen LogP contribution >= 0.6 is 0 Å². The highest BCUT2D eigenvalue weighted by Crippen LogP contribution is 2.15. The van der Waals surface area contributed by atoms with Gasteiger partial charge in [0, 0.05) is 19.4 Å². The molecule has 0 heterocycles. The summed E-state index contributed by atoms with van der Waals surface area (Å²) in [4.78, 5) is 25.4. The lowest BCUT2D eigenvalue weighted by Gasteiger charge is -2.18. The second-order valence-corrected chi connectivity index (χ2v) is 18.5. The van der Waals surface area contributed by atoms with Crippen molar-refractivity contribution in [3.8, 4) is 0 Å². The van der Waals surface area contributed by atoms with Crippen LogP contribution in [-0.2, 0) is 23.8 Å². The maximum absolute atomic E-state index is 12.8. The molecule has 0 spiro atoms. The number of ether oxygens (including phenoxy) is 3. The summed E-state index contributed by atoms with van der Waals surface area (Å²) in [5.74, 6) is -0.498. The van der Waals surface area contributed by atoms with Gasteiger partial charge in [0.25, 0.3) is 0 Å². The van der Waals surface area contributed by atoms with Crippen LogP contribution < -0.4 is 0 Å². The molecular weight excluding hydrogens is 813 g/mol. The highest BCUT2D eigenvalue weighted by atomic mass is 16.6. The van der Waals surface area contributed by atoms with Crippen molar-refractivity contribution >= 4 is 11.9 Å². The third-order valence-corrected chi connectivity index (χ3v) is 11.9. The lowest BCUT2D eigenvalue weighted by atomic mass is 10.0. The highest BCUT2D eigenvalue weighted by Gasteiger charge is 2.17. The number of hydrogen-bond donors (Lipinski definition) is 0. The van der Waals surface area contributed by atoms with Gasteiger partial charge in [0.2, 0.25) is 0 Å². The third kappa shape index (κ3) is 53.7. The molecule has 380 valence electrons. The topological polar surface area (TPSA) is 61.8 Å². The monoisotopic (exact) mass is 919 g/mol. The Bertz CT molecular complexity index is 1220. The van der Waals surface area contributed by atoms with Crippen LogP contribution in [0.4, 0.5) is 0 Å². The maximum atomic E-state index is 12.8. The normalized spacial score (nSPS) is 12.8. The van der Waals surface area contributed by atoms with Crippen molar-refractivity contribution in [1.82, 2.24) is 0 Å². The van der Waals surface area contributed by atoms with E-state index in [2.05, 4.69) is 99.8 Å². The molecule has 5 heteroatoms. The number of hydrogen-bond acceptors (Lipinski definition) is 5. The molecule has 0 aliphatic carbocycles. The summed E-state index contributed by atoms with van der Waals surface area (Å²) < 4.78 is 17.4. The van der Waals surface area contributed by atoms with Crippen molar-refractivity contribution in [2.24, 2.45) is 0 Å². The summed E-state index contributed by atoms with van der Waals surface area (Å²) in [6.07, 6.45) is 74.7. The molecule has 0 aromatic carbocycles. The smallest absolute Gasteiger partial charge is 0.306 e. The first kappa shape index (κ1) is 63.1. The zero-order chi connectivity index (χ0) is 47.7. The molecule has 0 saturated carbocycles. The molecule has 1 atom stereocenters. The summed E-state index contributed by atoms with van der Waals surface area (Å²) in [6, 6.07) is 0. The first-order chi connectivity index (χ1) is 32.6. The van der Waals surface area contributed by atoms with Crippen molar-refractivity contribution in [2.45, 2.75) is 271 Å². The molecule has 0 aromatic rings. The largest absolute Gasteiger partial charge is 0.462 e. The van der Waals surface area contributed by atoms with Crippen LogP contribution in [0, 0.1) is 0 Å². The van der Waals surface area contributed by atoms with Crippen molar-refractivity contribution < 1.29 is 23.8 Å². The number of allylic oxidation sites excluding steroid dienone is 14. The van der Waals surface area contributed by atoms with E-state index in [1.807, 2.05) is 6.08 Å². The zero-order valence-electron chi connectivity index (χ0n) is 43.7. The van der Waals surface area contributed by atoms with Gasteiger partial charge in [-0.1, -0.05) is 254 Å². The molecule has 0 bridgehead atoms. The summed E-state index contributed by atoms with van der Waals surface area (Å²) in [5, 5.41) is 0. The van der Waals surface area contributed by atoms with Crippen LogP contribution in [0.5, 0.6) is 0 Å². The van der Waals surface area contributed by atoms with Gasteiger partial charge in [-0.25, -0.2) is 0 Å². The second-order valence-electron chi connectivity index (χ2n) is 18.5. The van der Waals surface area contributed by atoms with E-state index in [9.17, 15) is 9.59 Å². The second kappa shape index (κ2) is 56.4. The van der Waals surface area contributed by atoms with E-state index >= 15 is 0 Å². The van der Waals surface area contributed by atoms with Gasteiger partial charge in [0.15, 0.2) is 6.10 Å². The molecule has 0 rings (SSSR count). The molecule has 0 N–H and O–H groups in total. The predicted octanol–water partition coefficient (Wildman–Crippen LogP) is 19.2. The van der Waals surface area contributed by atoms with Gasteiger partial charge in [0.05, 0.1) is 6.61 Å². The third-order valence-electron chi connectivity index (χ3n) is 11.9. The average molecular weight is 920 g/mol. The molecule has 66 heavy (non-hydrogen) atoms. The molecule has 0 aliphatic heterocycles. The minimum atomic E-state index is -0.573. The van der Waals surface area contributed by atoms with Gasteiger partial charge < -0.3 is 14.2 Å². The summed E-state index contributed by atoms with van der Waals surface area (Å²) >= 11 is 0. The fraction of sp³-hybridized carbons (Fsp3) is 0.738. The van der Waals surface area contributed by atoms with Gasteiger partial charge in [-0.15, -0.1) is 0 Å². The number of unbranched alkanes of at least 4 members (excludes halogenated alkanes) is 26. The van der Waals surface area contributed by atoms with Gasteiger partial charge in [-0.3, -0.25) is 9.59 Å². The Morgan fingerprint density at radius 3 is 1.17 bits per heavy atom. The summed E-state index contributed by atoms with van der Waals surface area (Å²) in [7, 11) is 0. The Kier molecular flexibility index (Phi) is 53.9. The molecular formula is C61H106O5. The van der Waals surface area contributed by atoms with E-state index in [-0.39, 0.29) is 25.2 Å². The minimum absolute atomic E-state index is 0.0412. The van der Waals surface area contributed by atoms with E-state index in [0.29, 0.717) is 25.9 Å². The van der Waals surface area contributed by atoms with Crippen LogP contribution in [0.1, 0.15) is 265 Å². The quantitative estimate of drug-likeness (QED) is 0.0346. The van der Waals surface area contributed by atoms with Gasteiger partial charge in [-0.2, -0.15) is 0 Å². The van der Waals surface area contributed by atoms with E-state index < -0.39 is 6.10 Å². The Balaban J connectivity index is 4.36. The van der Waals surface area contributed by atoms with Crippen LogP contribution in [0.25, 0.3) is 0 Å². The number of esters is 2. The Morgan fingerprint density at radius 2 is 0.712 bits per heavy atom. The van der Waals surface area contributed by atoms with Crippen LogP contribution in [0.15, 0.2) is 85.1 Å². The summed E-state index contributed by atoms with van der Waals surface area (Å²) in [5.41, 5.74) is 0. The fourth-order valence-corrected chi connectivity index (χ4v) is 7.77. The standard InChI is InChI=1S/C61H106O5/c1-4-7-10-13-16-19-22-25-27-29-31-32-34-37-39-42-45-48-51-54-60(62)65-58-59(66-61(63)55-52-49-46-43-40-36-24-21-18-15-12-9-6-3)57-64-56-53-50-47-44-41-38-35-33-30-28-26-23-20-17-14-11-8-5-2/h7,10,16,19,21,24-25,27,31-32,37,39,45,48,59H,4-6,8-9,11-15,17-18,20,22-23,26,28-30,33-36,38,40-44,46-47,49-58H2,1-3H3/b10-7-,19-16-,24-21-,27-25-,32-31-,39-37-,48-45-. The molecule has 0 saturated heterocycles. The molecule has 1 unspecified atom stereocenters. The highest BCUT2D eigenvalue weighted by molar-refractivity contribution is 5.70. The minimum Gasteiger partial charge on any atom is -0.462 e. The average Bonchev–Trinajstić information content (AvgIpc) is 3.32. The van der Waals surface area contributed by atoms with Crippen molar-refractivity contribution in [3.63, 3.8) is 0 Å². The Labute approximate surface area is 409 Å². The van der Waals surface area contributed by atoms with Crippen molar-refractivity contribution in [2.75, 3.05) is 19.8 Å². The van der Waals surface area contributed by atoms with Crippen LogP contribution in [-0.4, -0.2) is 37.9 Å². The lowest BCUT2D eigenvalue weighted by molar-refractivity contribution is -0.162. The van der Waals surface area contributed by atoms with Crippen LogP contribution in [0.3, 0.4) is 0 Å². The van der Waals surface area contributed by atoms with E-state index in [0.717, 1.165) is 77.0 Å². The molecule has 0 radical (unpaired) electrons. The Morgan fingerprint density at radius 1 is 0.348 bits per heavy atom. The first-order valence-corrected chi connectivity index (χ1v) is 28.1. The molecule has 0 aliphatic rings. The molecule has 0 amide bonds. The Hall–Kier alpha value is -2.92. The molecule has 0 fully saturated rings. The van der Waals surface area contributed by atoms with Crippen LogP contribution in [0.2, 0.25) is 0 Å². The molecule has 5 nitrogen and oxygen atoms in total. The first-order valence-electron chi connectivity index (χ1n) is 28.1. The van der Waals surface area contributed by atoms with Gasteiger partial charge in [-0.05, 0) is 83.5 Å². The van der Waals surface area contributed by atoms with Crippen molar-refractivity contribution in [1.29, 1.82) is 0 Å².